The van der Waals surface area contributed by atoms with E-state index in [1.807, 2.05) is 24.5 Å². The quantitative estimate of drug-likeness (QED) is 0.845. The number of fused-ring (bicyclic) bond motifs is 1. The van der Waals surface area contributed by atoms with Gasteiger partial charge in [-0.1, -0.05) is 13.0 Å². The minimum absolute atomic E-state index is 0.848. The van der Waals surface area contributed by atoms with E-state index in [-0.39, 0.29) is 0 Å². The maximum Gasteiger partial charge on any atom is 0.138 e. The lowest BCUT2D eigenvalue weighted by atomic mass is 10.4. The Balaban J connectivity index is 1.60. The summed E-state index contributed by atoms with van der Waals surface area (Å²) in [6.07, 6.45) is 6.59. The second-order valence-corrected chi connectivity index (χ2v) is 4.85. The third kappa shape index (κ3) is 2.34. The molecule has 0 aromatic carbocycles. The van der Waals surface area contributed by atoms with Crippen LogP contribution in [0.25, 0.3) is 5.65 Å². The van der Waals surface area contributed by atoms with Gasteiger partial charge in [-0.3, -0.25) is 9.30 Å². The molecule has 96 valence electrons. The fraction of sp³-hybridized carbons (Fsp3) is 0.500. The molecule has 1 N–H and O–H groups in total. The second-order valence-electron chi connectivity index (χ2n) is 4.85. The Hall–Kier alpha value is -1.55. The number of likely N-dealkylation sites (N-methyl/N-ethyl adjacent to an activating group) is 1. The van der Waals surface area contributed by atoms with Gasteiger partial charge in [-0.2, -0.15) is 0 Å². The Labute approximate surface area is 108 Å². The first kappa shape index (κ1) is 11.5. The van der Waals surface area contributed by atoms with Gasteiger partial charge in [0.05, 0.1) is 0 Å². The van der Waals surface area contributed by atoms with Gasteiger partial charge in [0.1, 0.15) is 11.5 Å². The van der Waals surface area contributed by atoms with Crippen LogP contribution >= 0.6 is 0 Å². The molecule has 4 heteroatoms. The monoisotopic (exact) mass is 244 g/mol. The predicted octanol–water partition coefficient (Wildman–Crippen LogP) is 2.23. The van der Waals surface area contributed by atoms with Crippen LogP contribution in [-0.2, 0) is 0 Å². The van der Waals surface area contributed by atoms with Crippen molar-refractivity contribution < 1.29 is 0 Å². The third-order valence-corrected chi connectivity index (χ3v) is 3.60. The van der Waals surface area contributed by atoms with Gasteiger partial charge in [0, 0.05) is 31.5 Å². The van der Waals surface area contributed by atoms with Crippen LogP contribution in [0.3, 0.4) is 0 Å². The molecule has 0 saturated heterocycles. The van der Waals surface area contributed by atoms with Crippen LogP contribution in [-0.4, -0.2) is 40.0 Å². The SMILES string of the molecule is CCN(CCNc1cccc2nccn12)C1CC1. The molecule has 0 bridgehead atoms. The van der Waals surface area contributed by atoms with Crippen LogP contribution < -0.4 is 5.32 Å². The summed E-state index contributed by atoms with van der Waals surface area (Å²) in [7, 11) is 0. The van der Waals surface area contributed by atoms with Crippen LogP contribution in [0, 0.1) is 0 Å². The minimum atomic E-state index is 0.848. The molecule has 18 heavy (non-hydrogen) atoms. The summed E-state index contributed by atoms with van der Waals surface area (Å²) in [6, 6.07) is 7.01. The molecule has 1 saturated carbocycles. The van der Waals surface area contributed by atoms with Crippen molar-refractivity contribution in [2.24, 2.45) is 0 Å². The molecule has 0 spiro atoms. The lowest BCUT2D eigenvalue weighted by Gasteiger charge is -2.20. The molecule has 1 fully saturated rings. The van der Waals surface area contributed by atoms with E-state index in [9.17, 15) is 0 Å². The Kier molecular flexibility index (Phi) is 3.19. The smallest absolute Gasteiger partial charge is 0.138 e. The van der Waals surface area contributed by atoms with Crippen molar-refractivity contribution in [3.05, 3.63) is 30.6 Å². The van der Waals surface area contributed by atoms with E-state index in [0.29, 0.717) is 0 Å². The molecule has 0 radical (unpaired) electrons. The highest BCUT2D eigenvalue weighted by Crippen LogP contribution is 2.26. The van der Waals surface area contributed by atoms with Gasteiger partial charge >= 0.3 is 0 Å². The molecule has 1 aliphatic carbocycles. The normalized spacial score (nSPS) is 15.4. The average molecular weight is 244 g/mol. The molecule has 4 nitrogen and oxygen atoms in total. The van der Waals surface area contributed by atoms with Gasteiger partial charge in [-0.25, -0.2) is 4.98 Å². The number of rotatable bonds is 6. The van der Waals surface area contributed by atoms with E-state index in [4.69, 9.17) is 0 Å². The van der Waals surface area contributed by atoms with E-state index in [2.05, 4.69) is 32.6 Å². The van der Waals surface area contributed by atoms with Gasteiger partial charge in [0.2, 0.25) is 0 Å². The fourth-order valence-electron chi connectivity index (χ4n) is 2.46. The summed E-state index contributed by atoms with van der Waals surface area (Å²) in [5.74, 6) is 1.12. The highest BCUT2D eigenvalue weighted by atomic mass is 15.2. The summed E-state index contributed by atoms with van der Waals surface area (Å²) >= 11 is 0. The van der Waals surface area contributed by atoms with Crippen molar-refractivity contribution in [2.45, 2.75) is 25.8 Å². The van der Waals surface area contributed by atoms with Crippen molar-refractivity contribution in [3.8, 4) is 0 Å². The third-order valence-electron chi connectivity index (χ3n) is 3.60. The number of imidazole rings is 1. The second kappa shape index (κ2) is 4.98. The summed E-state index contributed by atoms with van der Waals surface area (Å²) in [6.45, 7) is 5.50. The number of nitrogens with zero attached hydrogens (tertiary/aromatic N) is 3. The van der Waals surface area contributed by atoms with Crippen LogP contribution in [0.4, 0.5) is 5.82 Å². The van der Waals surface area contributed by atoms with E-state index in [0.717, 1.165) is 37.1 Å². The zero-order chi connectivity index (χ0) is 12.4. The zero-order valence-electron chi connectivity index (χ0n) is 10.8. The number of nitrogens with one attached hydrogen (secondary N) is 1. The van der Waals surface area contributed by atoms with E-state index in [1.165, 1.54) is 12.8 Å². The van der Waals surface area contributed by atoms with Gasteiger partial charge in [-0.05, 0) is 31.5 Å². The first-order valence-electron chi connectivity index (χ1n) is 6.78. The van der Waals surface area contributed by atoms with Crippen LogP contribution in [0.2, 0.25) is 0 Å². The number of hydrogen-bond acceptors (Lipinski definition) is 3. The number of aromatic nitrogens is 2. The van der Waals surface area contributed by atoms with Gasteiger partial charge in [0.15, 0.2) is 0 Å². The van der Waals surface area contributed by atoms with Gasteiger partial charge < -0.3 is 5.32 Å². The summed E-state index contributed by atoms with van der Waals surface area (Å²) in [4.78, 5) is 6.85. The first-order chi connectivity index (χ1) is 8.88. The molecular weight excluding hydrogens is 224 g/mol. The highest BCUT2D eigenvalue weighted by molar-refractivity contribution is 5.49. The number of anilines is 1. The van der Waals surface area contributed by atoms with Crippen molar-refractivity contribution in [1.82, 2.24) is 14.3 Å². The Morgan fingerprint density at radius 1 is 1.44 bits per heavy atom. The molecule has 0 aliphatic heterocycles. The molecular formula is C14H20N4. The molecule has 2 heterocycles. The Morgan fingerprint density at radius 2 is 2.33 bits per heavy atom. The molecule has 0 atom stereocenters. The van der Waals surface area contributed by atoms with E-state index in [1.54, 1.807) is 0 Å². The molecule has 2 aromatic heterocycles. The predicted molar refractivity (Wildman–Crippen MR) is 74.0 cm³/mol. The van der Waals surface area contributed by atoms with Crippen molar-refractivity contribution in [3.63, 3.8) is 0 Å². The van der Waals surface area contributed by atoms with E-state index >= 15 is 0 Å². The Bertz CT molecular complexity index is 515. The number of pyridine rings is 1. The van der Waals surface area contributed by atoms with Crippen LogP contribution in [0.1, 0.15) is 19.8 Å². The maximum absolute atomic E-state index is 4.29. The molecule has 3 rings (SSSR count). The molecule has 1 aliphatic rings. The summed E-state index contributed by atoms with van der Waals surface area (Å²) in [5, 5.41) is 3.50. The topological polar surface area (TPSA) is 32.6 Å². The summed E-state index contributed by atoms with van der Waals surface area (Å²) < 4.78 is 2.09. The molecule has 2 aromatic rings. The highest BCUT2D eigenvalue weighted by Gasteiger charge is 2.27. The van der Waals surface area contributed by atoms with Crippen molar-refractivity contribution in [2.75, 3.05) is 25.0 Å². The molecule has 0 unspecified atom stereocenters. The Morgan fingerprint density at radius 3 is 3.11 bits per heavy atom. The molecule has 0 amide bonds. The summed E-state index contributed by atoms with van der Waals surface area (Å²) in [5.41, 5.74) is 0.995. The minimum Gasteiger partial charge on any atom is -0.370 e. The van der Waals surface area contributed by atoms with Gasteiger partial charge in [0.25, 0.3) is 0 Å². The first-order valence-corrected chi connectivity index (χ1v) is 6.78. The average Bonchev–Trinajstić information content (AvgIpc) is 3.11. The number of hydrogen-bond donors (Lipinski definition) is 1. The van der Waals surface area contributed by atoms with Crippen molar-refractivity contribution in [1.29, 1.82) is 0 Å². The lowest BCUT2D eigenvalue weighted by Crippen LogP contribution is -2.31. The van der Waals surface area contributed by atoms with Gasteiger partial charge in [-0.15, -0.1) is 0 Å². The van der Waals surface area contributed by atoms with Crippen molar-refractivity contribution >= 4 is 11.5 Å². The van der Waals surface area contributed by atoms with E-state index < -0.39 is 0 Å². The van der Waals surface area contributed by atoms with Crippen LogP contribution in [0.5, 0.6) is 0 Å². The lowest BCUT2D eigenvalue weighted by molar-refractivity contribution is 0.289. The fourth-order valence-corrected chi connectivity index (χ4v) is 2.46. The standard InChI is InChI=1S/C14H20N4/c1-2-17(12-6-7-12)10-8-15-13-4-3-5-14-16-9-11-18(13)14/h3-5,9,11-12,15H,2,6-8,10H2,1H3. The van der Waals surface area contributed by atoms with Crippen LogP contribution in [0.15, 0.2) is 30.6 Å². The largest absolute Gasteiger partial charge is 0.370 e. The zero-order valence-corrected chi connectivity index (χ0v) is 10.8. The maximum atomic E-state index is 4.29.